The highest BCUT2D eigenvalue weighted by atomic mass is 15.2. The average Bonchev–Trinajstić information content (AvgIpc) is 4.00. The number of rotatable bonds is 9. The van der Waals surface area contributed by atoms with Gasteiger partial charge in [-0.15, -0.1) is 0 Å². The summed E-state index contributed by atoms with van der Waals surface area (Å²) >= 11 is 0. The SMILES string of the molecule is c1ccc(N(c2ccc3c(c2)C2(c4cc(N(c5ccccc5)c5ccc6ccccc6c5)ccc4-3)c3ccccc3-c3c(N(c4ccccc4)c4ccc5ccccc5c4)cccc32)c2ccc3ccccc3c2)cc1. The normalized spacial score (nSPS) is 12.6. The summed E-state index contributed by atoms with van der Waals surface area (Å²) in [5, 5.41) is 7.26. The molecule has 3 nitrogen and oxygen atoms in total. The van der Waals surface area contributed by atoms with Crippen LogP contribution in [0.15, 0.2) is 297 Å². The van der Waals surface area contributed by atoms with Gasteiger partial charge in [0.25, 0.3) is 0 Å². The van der Waals surface area contributed by atoms with Crippen molar-refractivity contribution in [1.29, 1.82) is 0 Å². The van der Waals surface area contributed by atoms with Crippen LogP contribution in [0.4, 0.5) is 51.2 Å². The molecule has 0 atom stereocenters. The van der Waals surface area contributed by atoms with Gasteiger partial charge in [0.2, 0.25) is 0 Å². The van der Waals surface area contributed by atoms with Crippen LogP contribution in [0.1, 0.15) is 22.3 Å². The van der Waals surface area contributed by atoms with Crippen molar-refractivity contribution in [1.82, 2.24) is 0 Å². The molecule has 0 aromatic heterocycles. The first-order valence-electron chi connectivity index (χ1n) is 26.2. The van der Waals surface area contributed by atoms with E-state index in [9.17, 15) is 0 Å². The molecule has 0 unspecified atom stereocenters. The molecule has 13 aromatic rings. The Balaban J connectivity index is 1.02. The number of para-hydroxylation sites is 3. The van der Waals surface area contributed by atoms with Crippen LogP contribution in [0.3, 0.4) is 0 Å². The maximum atomic E-state index is 2.51. The number of hydrogen-bond acceptors (Lipinski definition) is 3. The van der Waals surface area contributed by atoms with Crippen LogP contribution in [0, 0.1) is 0 Å². The van der Waals surface area contributed by atoms with Gasteiger partial charge in [0.15, 0.2) is 0 Å². The summed E-state index contributed by atoms with van der Waals surface area (Å²) in [4.78, 5) is 7.33. The van der Waals surface area contributed by atoms with Crippen molar-refractivity contribution < 1.29 is 0 Å². The van der Waals surface area contributed by atoms with E-state index in [4.69, 9.17) is 0 Å². The summed E-state index contributed by atoms with van der Waals surface area (Å²) in [5.74, 6) is 0. The Morgan fingerprint density at radius 2 is 0.553 bits per heavy atom. The molecule has 0 N–H and O–H groups in total. The fourth-order valence-corrected chi connectivity index (χ4v) is 12.7. The van der Waals surface area contributed by atoms with Crippen LogP contribution >= 0.6 is 0 Å². The Morgan fingerprint density at radius 1 is 0.197 bits per heavy atom. The molecule has 15 rings (SSSR count). The van der Waals surface area contributed by atoms with E-state index in [1.54, 1.807) is 0 Å². The predicted molar refractivity (Wildman–Crippen MR) is 319 cm³/mol. The minimum Gasteiger partial charge on any atom is -0.310 e. The van der Waals surface area contributed by atoms with Crippen molar-refractivity contribution in [2.24, 2.45) is 0 Å². The lowest BCUT2D eigenvalue weighted by atomic mass is 9.70. The summed E-state index contributed by atoms with van der Waals surface area (Å²) < 4.78 is 0. The summed E-state index contributed by atoms with van der Waals surface area (Å²) in [6.45, 7) is 0. The van der Waals surface area contributed by atoms with Crippen LogP contribution in [0.2, 0.25) is 0 Å². The number of anilines is 9. The lowest BCUT2D eigenvalue weighted by Gasteiger charge is -2.34. The van der Waals surface area contributed by atoms with Gasteiger partial charge in [0.05, 0.1) is 11.1 Å². The maximum Gasteiger partial charge on any atom is 0.0727 e. The second-order valence-electron chi connectivity index (χ2n) is 20.1. The predicted octanol–water partition coefficient (Wildman–Crippen LogP) is 19.9. The Bertz CT molecular complexity index is 4200. The first kappa shape index (κ1) is 43.6. The number of nitrogens with zero attached hydrogens (tertiary/aromatic N) is 3. The van der Waals surface area contributed by atoms with Crippen LogP contribution < -0.4 is 14.7 Å². The Hall–Kier alpha value is -9.96. The van der Waals surface area contributed by atoms with Crippen LogP contribution in [-0.4, -0.2) is 0 Å². The van der Waals surface area contributed by atoms with Crippen LogP contribution in [0.25, 0.3) is 54.6 Å². The van der Waals surface area contributed by atoms with Crippen molar-refractivity contribution in [2.75, 3.05) is 14.7 Å². The Labute approximate surface area is 443 Å². The average molecular weight is 968 g/mol. The van der Waals surface area contributed by atoms with E-state index in [1.807, 2.05) is 0 Å². The van der Waals surface area contributed by atoms with E-state index in [1.165, 1.54) is 76.8 Å². The van der Waals surface area contributed by atoms with Crippen LogP contribution in [0.5, 0.6) is 0 Å². The van der Waals surface area contributed by atoms with Gasteiger partial charge in [-0.3, -0.25) is 0 Å². The number of hydrogen-bond donors (Lipinski definition) is 0. The first-order chi connectivity index (χ1) is 37.7. The molecule has 0 aliphatic heterocycles. The van der Waals surface area contributed by atoms with Crippen molar-refractivity contribution in [3.8, 4) is 22.3 Å². The zero-order valence-electron chi connectivity index (χ0n) is 41.6. The lowest BCUT2D eigenvalue weighted by molar-refractivity contribution is 0.793. The third kappa shape index (κ3) is 6.83. The zero-order chi connectivity index (χ0) is 50.2. The molecule has 13 aromatic carbocycles. The van der Waals surface area contributed by atoms with Crippen LogP contribution in [-0.2, 0) is 5.41 Å². The molecule has 0 bridgehead atoms. The van der Waals surface area contributed by atoms with E-state index in [0.29, 0.717) is 0 Å². The molecule has 2 aliphatic carbocycles. The van der Waals surface area contributed by atoms with Crippen molar-refractivity contribution in [2.45, 2.75) is 5.41 Å². The van der Waals surface area contributed by atoms with E-state index in [0.717, 1.165) is 51.2 Å². The summed E-state index contributed by atoms with van der Waals surface area (Å²) in [6, 6.07) is 110. The van der Waals surface area contributed by atoms with E-state index in [2.05, 4.69) is 312 Å². The van der Waals surface area contributed by atoms with Gasteiger partial charge in [-0.2, -0.15) is 0 Å². The van der Waals surface area contributed by atoms with Gasteiger partial charge in [0.1, 0.15) is 0 Å². The van der Waals surface area contributed by atoms with E-state index >= 15 is 0 Å². The Kier molecular flexibility index (Phi) is 10.1. The number of benzene rings is 13. The molecular formula is C73H49N3. The highest BCUT2D eigenvalue weighted by Crippen LogP contribution is 2.66. The van der Waals surface area contributed by atoms with Gasteiger partial charge >= 0.3 is 0 Å². The summed E-state index contributed by atoms with van der Waals surface area (Å²) in [6.07, 6.45) is 0. The third-order valence-electron chi connectivity index (χ3n) is 15.9. The first-order valence-corrected chi connectivity index (χ1v) is 26.2. The molecule has 3 heteroatoms. The molecule has 0 saturated carbocycles. The van der Waals surface area contributed by atoms with E-state index in [-0.39, 0.29) is 0 Å². The fourth-order valence-electron chi connectivity index (χ4n) is 12.7. The third-order valence-corrected chi connectivity index (χ3v) is 15.9. The summed E-state index contributed by atoms with van der Waals surface area (Å²) in [5.41, 5.74) is 19.2. The largest absolute Gasteiger partial charge is 0.310 e. The smallest absolute Gasteiger partial charge is 0.0727 e. The maximum absolute atomic E-state index is 2.51. The van der Waals surface area contributed by atoms with E-state index < -0.39 is 5.41 Å². The molecule has 0 radical (unpaired) electrons. The molecule has 0 fully saturated rings. The molecule has 0 saturated heterocycles. The zero-order valence-corrected chi connectivity index (χ0v) is 41.6. The minimum absolute atomic E-state index is 0.720. The van der Waals surface area contributed by atoms with Gasteiger partial charge in [-0.1, -0.05) is 194 Å². The second-order valence-corrected chi connectivity index (χ2v) is 20.1. The minimum atomic E-state index is -0.720. The lowest BCUT2D eigenvalue weighted by Crippen LogP contribution is -2.27. The molecule has 0 amide bonds. The van der Waals surface area contributed by atoms with Gasteiger partial charge in [-0.05, 0) is 174 Å². The van der Waals surface area contributed by atoms with Gasteiger partial charge < -0.3 is 14.7 Å². The topological polar surface area (TPSA) is 9.72 Å². The second kappa shape index (κ2) is 17.6. The van der Waals surface area contributed by atoms with Crippen molar-refractivity contribution in [3.63, 3.8) is 0 Å². The molecule has 76 heavy (non-hydrogen) atoms. The molecule has 356 valence electrons. The van der Waals surface area contributed by atoms with Crippen molar-refractivity contribution >= 4 is 83.5 Å². The fraction of sp³-hybridized carbons (Fsp3) is 0.0137. The highest BCUT2D eigenvalue weighted by Gasteiger charge is 2.53. The van der Waals surface area contributed by atoms with Gasteiger partial charge in [-0.25, -0.2) is 0 Å². The molecule has 0 heterocycles. The number of fused-ring (bicyclic) bond motifs is 13. The monoisotopic (exact) mass is 967 g/mol. The molecule has 2 aliphatic rings. The molecular weight excluding hydrogens is 919 g/mol. The Morgan fingerprint density at radius 3 is 1.03 bits per heavy atom. The standard InChI is InChI=1S/C73H49N3/c1-4-25-56(26-5-1)74(59-38-35-50-19-10-13-22-53(50)45-59)62-41-43-64-65-44-42-63(75(57-27-6-2-7-28-57)60-39-36-51-20-11-14-23-54(51)46-60)49-70(65)73(69(64)48-62)67-32-17-16-31-66(67)72-68(73)33-18-34-71(72)76(58-29-8-3-9-30-58)61-40-37-52-21-12-15-24-55(52)47-61/h1-49H. The van der Waals surface area contributed by atoms with Crippen molar-refractivity contribution in [3.05, 3.63) is 320 Å². The highest BCUT2D eigenvalue weighted by molar-refractivity contribution is 6.03. The van der Waals surface area contributed by atoms with Gasteiger partial charge in [0, 0.05) is 51.1 Å². The summed E-state index contributed by atoms with van der Waals surface area (Å²) in [7, 11) is 0. The quantitative estimate of drug-likeness (QED) is 0.143. The molecule has 1 spiro atoms.